The van der Waals surface area contributed by atoms with Crippen molar-refractivity contribution in [1.82, 2.24) is 24.5 Å². The van der Waals surface area contributed by atoms with Gasteiger partial charge in [0.25, 0.3) is 5.56 Å². The third kappa shape index (κ3) is 5.31. The van der Waals surface area contributed by atoms with E-state index in [2.05, 4.69) is 20.4 Å². The van der Waals surface area contributed by atoms with Gasteiger partial charge < -0.3 is 25.6 Å². The first-order chi connectivity index (χ1) is 16.8. The number of amides is 2. The van der Waals surface area contributed by atoms with E-state index in [-0.39, 0.29) is 17.3 Å². The van der Waals surface area contributed by atoms with Crippen LogP contribution in [0.25, 0.3) is 15.5 Å². The van der Waals surface area contributed by atoms with E-state index in [1.807, 2.05) is 25.7 Å². The fraction of sp³-hybridized carbons (Fsp3) is 0.429. The van der Waals surface area contributed by atoms with Crippen LogP contribution < -0.4 is 21.5 Å². The Labute approximate surface area is 202 Å². The molecule has 4 heterocycles. The van der Waals surface area contributed by atoms with Crippen molar-refractivity contribution in [2.45, 2.75) is 26.4 Å². The summed E-state index contributed by atoms with van der Waals surface area (Å²) < 4.78 is 21.2. The maximum absolute atomic E-state index is 12.8. The standard InChI is InChI=1S/C21H26N8O4S/c1-21(2,3)33-20(32)28-6-4-27(5-7-28)15-9-17(31)29-19(25-15)34-18(26-29)13-8-14(12-23-11-13)24-16(30)10-22/h8-9,11-12H,4-7,10,22H2,1-3H3,(H,24,30)/i10D2. The van der Waals surface area contributed by atoms with Gasteiger partial charge in [0.15, 0.2) is 0 Å². The first kappa shape index (κ1) is 21.0. The van der Waals surface area contributed by atoms with Crippen LogP contribution in [0.4, 0.5) is 16.3 Å². The van der Waals surface area contributed by atoms with E-state index in [1.165, 1.54) is 34.3 Å². The molecule has 0 spiro atoms. The number of nitrogens with zero attached hydrogens (tertiary/aromatic N) is 6. The zero-order chi connectivity index (χ0) is 26.3. The van der Waals surface area contributed by atoms with E-state index < -0.39 is 18.0 Å². The summed E-state index contributed by atoms with van der Waals surface area (Å²) in [6, 6.07) is 2.95. The molecule has 12 nitrogen and oxygen atoms in total. The summed E-state index contributed by atoms with van der Waals surface area (Å²) in [6.45, 7) is 4.78. The van der Waals surface area contributed by atoms with Crippen molar-refractivity contribution in [3.8, 4) is 10.6 Å². The molecule has 1 saturated heterocycles. The van der Waals surface area contributed by atoms with Gasteiger partial charge in [0.1, 0.15) is 16.4 Å². The van der Waals surface area contributed by atoms with Crippen molar-refractivity contribution in [3.63, 3.8) is 0 Å². The minimum absolute atomic E-state index is 0.231. The van der Waals surface area contributed by atoms with Gasteiger partial charge in [-0.05, 0) is 26.8 Å². The fourth-order valence-electron chi connectivity index (χ4n) is 3.31. The lowest BCUT2D eigenvalue weighted by atomic mass is 10.2. The smallest absolute Gasteiger partial charge is 0.410 e. The third-order valence-electron chi connectivity index (χ3n) is 4.86. The van der Waals surface area contributed by atoms with Gasteiger partial charge in [-0.1, -0.05) is 11.3 Å². The van der Waals surface area contributed by atoms with Crippen molar-refractivity contribution in [2.75, 3.05) is 42.9 Å². The SMILES string of the molecule is [2H]C([2H])(N)C(=O)Nc1cncc(-c2nn3c(=O)cc(N4CCN(C(=O)OC(C)(C)C)CC4)nc3s2)c1. The Morgan fingerprint density at radius 2 is 1.97 bits per heavy atom. The van der Waals surface area contributed by atoms with Crippen LogP contribution in [0.15, 0.2) is 29.3 Å². The van der Waals surface area contributed by atoms with Crippen molar-refractivity contribution < 1.29 is 17.1 Å². The summed E-state index contributed by atoms with van der Waals surface area (Å²) in [5, 5.41) is 7.12. The molecule has 180 valence electrons. The molecule has 0 bridgehead atoms. The normalized spacial score (nSPS) is 15.6. The second-order valence-electron chi connectivity index (χ2n) is 8.57. The van der Waals surface area contributed by atoms with Gasteiger partial charge in [0.2, 0.25) is 10.9 Å². The first-order valence-electron chi connectivity index (χ1n) is 11.5. The molecule has 0 radical (unpaired) electrons. The number of carbonyl (C=O) groups is 2. The number of carbonyl (C=O) groups excluding carboxylic acids is 2. The number of ether oxygens (including phenoxy) is 1. The van der Waals surface area contributed by atoms with Crippen LogP contribution in [0, 0.1) is 0 Å². The Morgan fingerprint density at radius 3 is 2.65 bits per heavy atom. The molecule has 0 unspecified atom stereocenters. The molecule has 3 aromatic rings. The lowest BCUT2D eigenvalue weighted by molar-refractivity contribution is -0.114. The number of pyridine rings is 1. The minimum atomic E-state index is -2.54. The summed E-state index contributed by atoms with van der Waals surface area (Å²) in [5.74, 6) is -0.525. The monoisotopic (exact) mass is 488 g/mol. The Bertz CT molecular complexity index is 1360. The predicted octanol–water partition coefficient (Wildman–Crippen LogP) is 1.17. The van der Waals surface area contributed by atoms with Crippen LogP contribution in [0.3, 0.4) is 0 Å². The Balaban J connectivity index is 1.52. The zero-order valence-corrected chi connectivity index (χ0v) is 19.8. The Hall–Kier alpha value is -3.58. The molecule has 4 rings (SSSR count). The van der Waals surface area contributed by atoms with Gasteiger partial charge in [0.05, 0.1) is 21.1 Å². The lowest BCUT2D eigenvalue weighted by Gasteiger charge is -2.36. The van der Waals surface area contributed by atoms with Crippen molar-refractivity contribution in [2.24, 2.45) is 5.73 Å². The van der Waals surface area contributed by atoms with E-state index in [4.69, 9.17) is 13.2 Å². The van der Waals surface area contributed by atoms with Crippen LogP contribution in [-0.4, -0.2) is 74.8 Å². The molecule has 34 heavy (non-hydrogen) atoms. The number of nitrogens with one attached hydrogen (secondary N) is 1. The summed E-state index contributed by atoms with van der Waals surface area (Å²) in [5.41, 5.74) is 4.99. The molecule has 0 aromatic carbocycles. The van der Waals surface area contributed by atoms with Crippen LogP contribution in [0.1, 0.15) is 23.5 Å². The number of hydrogen-bond donors (Lipinski definition) is 2. The van der Waals surface area contributed by atoms with Crippen LogP contribution >= 0.6 is 11.3 Å². The quantitative estimate of drug-likeness (QED) is 0.552. The highest BCUT2D eigenvalue weighted by molar-refractivity contribution is 7.19. The molecular weight excluding hydrogens is 460 g/mol. The van der Waals surface area contributed by atoms with E-state index in [0.717, 1.165) is 0 Å². The molecule has 1 aliphatic heterocycles. The van der Waals surface area contributed by atoms with Crippen molar-refractivity contribution in [1.29, 1.82) is 0 Å². The van der Waals surface area contributed by atoms with Crippen LogP contribution in [0.2, 0.25) is 0 Å². The number of fused-ring (bicyclic) bond motifs is 1. The summed E-state index contributed by atoms with van der Waals surface area (Å²) in [4.78, 5) is 49.5. The fourth-order valence-corrected chi connectivity index (χ4v) is 4.20. The molecule has 1 aliphatic rings. The topological polar surface area (TPSA) is 148 Å². The molecular formula is C21H26N8O4S. The highest BCUT2D eigenvalue weighted by atomic mass is 32.1. The number of rotatable bonds is 4. The summed E-state index contributed by atoms with van der Waals surface area (Å²) in [6.07, 6.45) is 2.49. The average molecular weight is 489 g/mol. The van der Waals surface area contributed by atoms with Crippen molar-refractivity contribution in [3.05, 3.63) is 34.9 Å². The summed E-state index contributed by atoms with van der Waals surface area (Å²) in [7, 11) is 0. The highest BCUT2D eigenvalue weighted by Gasteiger charge is 2.27. The van der Waals surface area contributed by atoms with Crippen LogP contribution in [-0.2, 0) is 9.53 Å². The van der Waals surface area contributed by atoms with Gasteiger partial charge in [-0.15, -0.1) is 0 Å². The van der Waals surface area contributed by atoms with Crippen molar-refractivity contribution >= 4 is 39.8 Å². The lowest BCUT2D eigenvalue weighted by Crippen LogP contribution is -2.50. The van der Waals surface area contributed by atoms with Crippen LogP contribution in [0.5, 0.6) is 0 Å². The Morgan fingerprint density at radius 1 is 1.24 bits per heavy atom. The second kappa shape index (κ2) is 9.35. The largest absolute Gasteiger partial charge is 0.444 e. The van der Waals surface area contributed by atoms with Gasteiger partial charge in [-0.2, -0.15) is 9.61 Å². The molecule has 1 fully saturated rings. The zero-order valence-electron chi connectivity index (χ0n) is 20.9. The number of piperazine rings is 1. The number of nitrogens with two attached hydrogens (primary N) is 1. The average Bonchev–Trinajstić information content (AvgIpc) is 3.23. The molecule has 0 atom stereocenters. The van der Waals surface area contributed by atoms with Gasteiger partial charge in [0, 0.05) is 44.0 Å². The molecule has 0 aliphatic carbocycles. The molecule has 13 heteroatoms. The predicted molar refractivity (Wildman–Crippen MR) is 128 cm³/mol. The number of aromatic nitrogens is 4. The van der Waals surface area contributed by atoms with Gasteiger partial charge in [-0.25, -0.2) is 9.78 Å². The minimum Gasteiger partial charge on any atom is -0.444 e. The van der Waals surface area contributed by atoms with Gasteiger partial charge in [-0.3, -0.25) is 14.6 Å². The summed E-state index contributed by atoms with van der Waals surface area (Å²) >= 11 is 1.17. The number of anilines is 2. The molecule has 3 N–H and O–H groups in total. The van der Waals surface area contributed by atoms with E-state index in [0.29, 0.717) is 47.5 Å². The third-order valence-corrected chi connectivity index (χ3v) is 5.82. The molecule has 2 amide bonds. The Kier molecular flexibility index (Phi) is 5.77. The van der Waals surface area contributed by atoms with E-state index in [9.17, 15) is 14.4 Å². The molecule has 3 aromatic heterocycles. The van der Waals surface area contributed by atoms with E-state index >= 15 is 0 Å². The second-order valence-corrected chi connectivity index (χ2v) is 9.53. The maximum Gasteiger partial charge on any atom is 0.410 e. The number of hydrogen-bond acceptors (Lipinski definition) is 10. The maximum atomic E-state index is 12.8. The first-order valence-corrected chi connectivity index (χ1v) is 11.3. The molecule has 0 saturated carbocycles. The van der Waals surface area contributed by atoms with E-state index in [1.54, 1.807) is 11.0 Å². The highest BCUT2D eigenvalue weighted by Crippen LogP contribution is 2.26. The van der Waals surface area contributed by atoms with Gasteiger partial charge >= 0.3 is 6.09 Å².